The smallest absolute Gasteiger partial charge is 0.237 e. The highest BCUT2D eigenvalue weighted by Crippen LogP contribution is 2.27. The fraction of sp³-hybridized carbons (Fsp3) is 0.611. The van der Waals surface area contributed by atoms with E-state index in [1.807, 2.05) is 24.3 Å². The zero-order valence-corrected chi connectivity index (χ0v) is 17.2. The van der Waals surface area contributed by atoms with E-state index in [1.165, 1.54) is 0 Å². The third kappa shape index (κ3) is 6.25. The summed E-state index contributed by atoms with van der Waals surface area (Å²) in [6.45, 7) is 4.65. The summed E-state index contributed by atoms with van der Waals surface area (Å²) < 4.78 is 5.46. The highest BCUT2D eigenvalue weighted by molar-refractivity contribution is 6.31. The number of hydrogen-bond acceptors (Lipinski definition) is 4. The monoisotopic (exact) mass is 423 g/mol. The van der Waals surface area contributed by atoms with Crippen molar-refractivity contribution in [2.45, 2.75) is 31.3 Å². The lowest BCUT2D eigenvalue weighted by atomic mass is 10.0. The number of nitrogens with one attached hydrogen (secondary N) is 2. The molecule has 0 aromatic heterocycles. The second-order valence-electron chi connectivity index (χ2n) is 6.43. The maximum atomic E-state index is 12.5. The van der Waals surface area contributed by atoms with E-state index in [-0.39, 0.29) is 42.8 Å². The van der Waals surface area contributed by atoms with Crippen molar-refractivity contribution in [2.24, 2.45) is 0 Å². The van der Waals surface area contributed by atoms with Crippen molar-refractivity contribution in [3.05, 3.63) is 34.9 Å². The zero-order chi connectivity index (χ0) is 16.8. The molecule has 1 aromatic carbocycles. The Bertz CT molecular complexity index is 550. The van der Waals surface area contributed by atoms with E-state index in [0.717, 1.165) is 62.7 Å². The summed E-state index contributed by atoms with van der Waals surface area (Å²) in [5.41, 5.74) is 1.07. The Morgan fingerprint density at radius 2 is 2.00 bits per heavy atom. The van der Waals surface area contributed by atoms with Crippen LogP contribution < -0.4 is 10.6 Å². The second kappa shape index (κ2) is 12.0. The SMILES string of the molecule is Cl.Cl.O=C(NCC(c1ccccc1Cl)N1CCOCC1)C1CCCCN1. The fourth-order valence-electron chi connectivity index (χ4n) is 3.47. The van der Waals surface area contributed by atoms with Gasteiger partial charge in [-0.05, 0) is 31.0 Å². The molecule has 0 aliphatic carbocycles. The van der Waals surface area contributed by atoms with Crippen molar-refractivity contribution in [1.82, 2.24) is 15.5 Å². The second-order valence-corrected chi connectivity index (χ2v) is 6.84. The Hall–Kier alpha value is -0.560. The maximum absolute atomic E-state index is 12.5. The summed E-state index contributed by atoms with van der Waals surface area (Å²) in [5, 5.41) is 7.18. The summed E-state index contributed by atoms with van der Waals surface area (Å²) in [6.07, 6.45) is 3.18. The van der Waals surface area contributed by atoms with Crippen LogP contribution in [0.25, 0.3) is 0 Å². The molecule has 3 rings (SSSR count). The molecule has 2 unspecified atom stereocenters. The Kier molecular flexibility index (Phi) is 10.8. The molecule has 2 heterocycles. The quantitative estimate of drug-likeness (QED) is 0.763. The van der Waals surface area contributed by atoms with Crippen LogP contribution in [0.1, 0.15) is 30.9 Å². The molecule has 26 heavy (non-hydrogen) atoms. The van der Waals surface area contributed by atoms with Crippen LogP contribution in [0.15, 0.2) is 24.3 Å². The molecule has 148 valence electrons. The number of nitrogens with zero attached hydrogens (tertiary/aromatic N) is 1. The molecule has 2 atom stereocenters. The van der Waals surface area contributed by atoms with Gasteiger partial charge in [-0.3, -0.25) is 9.69 Å². The van der Waals surface area contributed by atoms with Gasteiger partial charge in [0.15, 0.2) is 0 Å². The molecule has 0 bridgehead atoms. The first-order chi connectivity index (χ1) is 11.8. The van der Waals surface area contributed by atoms with Gasteiger partial charge in [-0.1, -0.05) is 36.2 Å². The van der Waals surface area contributed by atoms with Crippen molar-refractivity contribution in [1.29, 1.82) is 0 Å². The van der Waals surface area contributed by atoms with Gasteiger partial charge in [-0.25, -0.2) is 0 Å². The predicted molar refractivity (Wildman–Crippen MR) is 110 cm³/mol. The average molecular weight is 425 g/mol. The number of carbonyl (C=O) groups excluding carboxylic acids is 1. The van der Waals surface area contributed by atoms with Gasteiger partial charge in [0.2, 0.25) is 5.91 Å². The summed E-state index contributed by atoms with van der Waals surface area (Å²) in [7, 11) is 0. The van der Waals surface area contributed by atoms with E-state index < -0.39 is 0 Å². The van der Waals surface area contributed by atoms with Gasteiger partial charge >= 0.3 is 0 Å². The first-order valence-electron chi connectivity index (χ1n) is 8.83. The summed E-state index contributed by atoms with van der Waals surface area (Å²) in [5.74, 6) is 0.0972. The third-order valence-corrected chi connectivity index (χ3v) is 5.19. The van der Waals surface area contributed by atoms with Crippen LogP contribution in [0.3, 0.4) is 0 Å². The Balaban J connectivity index is 0.00000169. The van der Waals surface area contributed by atoms with Crippen LogP contribution in [0.2, 0.25) is 5.02 Å². The number of hydrogen-bond donors (Lipinski definition) is 2. The van der Waals surface area contributed by atoms with Crippen LogP contribution in [0.4, 0.5) is 0 Å². The zero-order valence-electron chi connectivity index (χ0n) is 14.8. The van der Waals surface area contributed by atoms with Crippen LogP contribution >= 0.6 is 36.4 Å². The number of halogens is 3. The van der Waals surface area contributed by atoms with Crippen molar-refractivity contribution in [3.63, 3.8) is 0 Å². The average Bonchev–Trinajstić information content (AvgIpc) is 2.65. The topological polar surface area (TPSA) is 53.6 Å². The molecular weight excluding hydrogens is 397 g/mol. The molecule has 5 nitrogen and oxygen atoms in total. The van der Waals surface area contributed by atoms with Gasteiger partial charge < -0.3 is 15.4 Å². The van der Waals surface area contributed by atoms with Crippen LogP contribution in [-0.2, 0) is 9.53 Å². The number of ether oxygens (including phenoxy) is 1. The number of rotatable bonds is 5. The number of morpholine rings is 1. The standard InChI is InChI=1S/C18H26ClN3O2.2ClH/c19-15-6-2-1-5-14(15)17(22-9-11-24-12-10-22)13-21-18(23)16-7-3-4-8-20-16;;/h1-2,5-6,16-17,20H,3-4,7-13H2,(H,21,23);2*1H. The van der Waals surface area contributed by atoms with E-state index in [9.17, 15) is 4.79 Å². The van der Waals surface area contributed by atoms with E-state index >= 15 is 0 Å². The Morgan fingerprint density at radius 1 is 1.27 bits per heavy atom. The van der Waals surface area contributed by atoms with Gasteiger partial charge in [0.25, 0.3) is 0 Å². The highest BCUT2D eigenvalue weighted by Gasteiger charge is 2.26. The van der Waals surface area contributed by atoms with E-state index in [0.29, 0.717) is 6.54 Å². The number of carbonyl (C=O) groups is 1. The molecule has 0 spiro atoms. The van der Waals surface area contributed by atoms with Gasteiger partial charge in [-0.15, -0.1) is 24.8 Å². The molecule has 8 heteroatoms. The fourth-order valence-corrected chi connectivity index (χ4v) is 3.73. The van der Waals surface area contributed by atoms with Gasteiger partial charge in [-0.2, -0.15) is 0 Å². The van der Waals surface area contributed by atoms with Crippen molar-refractivity contribution >= 4 is 42.3 Å². The Morgan fingerprint density at radius 3 is 2.65 bits per heavy atom. The van der Waals surface area contributed by atoms with Gasteiger partial charge in [0.05, 0.1) is 25.3 Å². The minimum Gasteiger partial charge on any atom is -0.379 e. The van der Waals surface area contributed by atoms with Crippen LogP contribution in [0.5, 0.6) is 0 Å². The third-order valence-electron chi connectivity index (χ3n) is 4.85. The van der Waals surface area contributed by atoms with E-state index in [4.69, 9.17) is 16.3 Å². The van der Waals surface area contributed by atoms with E-state index in [2.05, 4.69) is 15.5 Å². The molecule has 1 aromatic rings. The summed E-state index contributed by atoms with van der Waals surface area (Å²) in [4.78, 5) is 14.8. The minimum absolute atomic E-state index is 0. The number of benzene rings is 1. The number of piperidine rings is 1. The van der Waals surface area contributed by atoms with Crippen molar-refractivity contribution < 1.29 is 9.53 Å². The minimum atomic E-state index is -0.0599. The van der Waals surface area contributed by atoms with Gasteiger partial charge in [0, 0.05) is 24.7 Å². The molecule has 0 radical (unpaired) electrons. The molecule has 1 amide bonds. The van der Waals surface area contributed by atoms with E-state index in [1.54, 1.807) is 0 Å². The van der Waals surface area contributed by atoms with Crippen LogP contribution in [-0.4, -0.2) is 56.2 Å². The normalized spacial score (nSPS) is 21.8. The summed E-state index contributed by atoms with van der Waals surface area (Å²) in [6, 6.07) is 7.92. The molecule has 2 aliphatic heterocycles. The van der Waals surface area contributed by atoms with Crippen molar-refractivity contribution in [2.75, 3.05) is 39.4 Å². The molecule has 2 saturated heterocycles. The largest absolute Gasteiger partial charge is 0.379 e. The molecule has 2 aliphatic rings. The predicted octanol–water partition coefficient (Wildman–Crippen LogP) is 2.82. The lowest BCUT2D eigenvalue weighted by molar-refractivity contribution is -0.124. The Labute approximate surface area is 173 Å². The first kappa shape index (κ1) is 23.5. The molecule has 0 saturated carbocycles. The molecular formula is C18H28Cl3N3O2. The number of amides is 1. The van der Waals surface area contributed by atoms with Gasteiger partial charge in [0.1, 0.15) is 0 Å². The maximum Gasteiger partial charge on any atom is 0.237 e. The first-order valence-corrected chi connectivity index (χ1v) is 9.21. The highest BCUT2D eigenvalue weighted by atomic mass is 35.5. The lowest BCUT2D eigenvalue weighted by Gasteiger charge is -2.35. The molecule has 2 N–H and O–H groups in total. The van der Waals surface area contributed by atoms with Crippen molar-refractivity contribution in [3.8, 4) is 0 Å². The lowest BCUT2D eigenvalue weighted by Crippen LogP contribution is -2.49. The van der Waals surface area contributed by atoms with Crippen LogP contribution in [0, 0.1) is 0 Å². The summed E-state index contributed by atoms with van der Waals surface area (Å²) >= 11 is 6.42. The molecule has 2 fully saturated rings.